The third-order valence-corrected chi connectivity index (χ3v) is 7.32. The van der Waals surface area contributed by atoms with E-state index in [-0.39, 0.29) is 11.5 Å². The van der Waals surface area contributed by atoms with Crippen molar-refractivity contribution in [2.45, 2.75) is 57.5 Å². The highest BCUT2D eigenvalue weighted by Crippen LogP contribution is 2.60. The molecule has 140 valence electrons. The van der Waals surface area contributed by atoms with Gasteiger partial charge in [-0.2, -0.15) is 0 Å². The van der Waals surface area contributed by atoms with E-state index in [0.29, 0.717) is 5.91 Å². The lowest BCUT2D eigenvalue weighted by Crippen LogP contribution is -2.58. The van der Waals surface area contributed by atoms with Gasteiger partial charge in [0, 0.05) is 32.7 Å². The first-order valence-electron chi connectivity index (χ1n) is 10.4. The van der Waals surface area contributed by atoms with Crippen LogP contribution < -0.4 is 0 Å². The maximum atomic E-state index is 13.4. The van der Waals surface area contributed by atoms with Gasteiger partial charge < -0.3 is 10.0 Å². The van der Waals surface area contributed by atoms with Crippen LogP contribution in [-0.2, 0) is 4.79 Å². The number of aliphatic hydroxyl groups excluding tert-OH is 1. The smallest absolute Gasteiger partial charge is 0.228 e. The van der Waals surface area contributed by atoms with E-state index in [4.69, 9.17) is 0 Å². The molecule has 4 bridgehead atoms. The van der Waals surface area contributed by atoms with E-state index in [9.17, 15) is 9.90 Å². The van der Waals surface area contributed by atoms with Gasteiger partial charge in [0.25, 0.3) is 0 Å². The molecule has 0 aromatic heterocycles. The van der Waals surface area contributed by atoms with E-state index in [0.717, 1.165) is 63.3 Å². The Morgan fingerprint density at radius 2 is 1.64 bits per heavy atom. The molecule has 4 heteroatoms. The molecular formula is C21H34N2O2. The van der Waals surface area contributed by atoms with Crippen molar-refractivity contribution in [2.75, 3.05) is 32.7 Å². The van der Waals surface area contributed by atoms with Gasteiger partial charge in [0.05, 0.1) is 11.5 Å². The Kier molecular flexibility index (Phi) is 4.93. The van der Waals surface area contributed by atoms with E-state index < -0.39 is 0 Å². The third kappa shape index (κ3) is 3.52. The summed E-state index contributed by atoms with van der Waals surface area (Å²) in [5.41, 5.74) is 0.000391. The molecule has 1 N–H and O–H groups in total. The Balaban J connectivity index is 1.31. The molecular weight excluding hydrogens is 312 g/mol. The van der Waals surface area contributed by atoms with Gasteiger partial charge >= 0.3 is 0 Å². The molecule has 0 aromatic carbocycles. The standard InChI is InChI=1S/C21H34N2O2/c1-2-3-4-19(24)15-22-5-7-23(8-6-22)20(25)21-12-16-9-17(13-21)11-18(10-16)14-21/h2,16-19,24H,1,3-15H2. The zero-order valence-electron chi connectivity index (χ0n) is 15.5. The predicted molar refractivity (Wildman–Crippen MR) is 99.1 cm³/mol. The second-order valence-corrected chi connectivity index (χ2v) is 9.31. The van der Waals surface area contributed by atoms with E-state index in [2.05, 4.69) is 16.4 Å². The lowest BCUT2D eigenvalue weighted by Gasteiger charge is -2.57. The van der Waals surface area contributed by atoms with Crippen molar-refractivity contribution in [3.05, 3.63) is 12.7 Å². The number of piperazine rings is 1. The first-order valence-corrected chi connectivity index (χ1v) is 10.4. The lowest BCUT2D eigenvalue weighted by atomic mass is 9.49. The van der Waals surface area contributed by atoms with Crippen LogP contribution in [0.4, 0.5) is 0 Å². The second-order valence-electron chi connectivity index (χ2n) is 9.31. The number of hydrogen-bond acceptors (Lipinski definition) is 3. The number of carbonyl (C=O) groups excluding carboxylic acids is 1. The van der Waals surface area contributed by atoms with E-state index in [1.807, 2.05) is 6.08 Å². The van der Waals surface area contributed by atoms with Gasteiger partial charge in [0.1, 0.15) is 0 Å². The quantitative estimate of drug-likeness (QED) is 0.752. The first kappa shape index (κ1) is 17.5. The molecule has 25 heavy (non-hydrogen) atoms. The Bertz CT molecular complexity index is 475. The van der Waals surface area contributed by atoms with Crippen LogP contribution in [0.1, 0.15) is 51.4 Å². The highest BCUT2D eigenvalue weighted by molar-refractivity contribution is 5.83. The van der Waals surface area contributed by atoms with Crippen molar-refractivity contribution >= 4 is 5.91 Å². The van der Waals surface area contributed by atoms with Crippen molar-refractivity contribution in [1.82, 2.24) is 9.80 Å². The minimum Gasteiger partial charge on any atom is -0.392 e. The largest absolute Gasteiger partial charge is 0.392 e. The summed E-state index contributed by atoms with van der Waals surface area (Å²) in [5.74, 6) is 2.96. The minimum absolute atomic E-state index is 0.000391. The highest BCUT2D eigenvalue weighted by atomic mass is 16.3. The lowest BCUT2D eigenvalue weighted by molar-refractivity contribution is -0.159. The molecule has 1 aliphatic heterocycles. The second kappa shape index (κ2) is 7.03. The fourth-order valence-electron chi connectivity index (χ4n) is 6.54. The summed E-state index contributed by atoms with van der Waals surface area (Å²) in [6.45, 7) is 7.94. The molecule has 0 aromatic rings. The Morgan fingerprint density at radius 3 is 2.16 bits per heavy atom. The molecule has 5 rings (SSSR count). The average molecular weight is 347 g/mol. The number of amides is 1. The van der Waals surface area contributed by atoms with Gasteiger partial charge in [-0.15, -0.1) is 6.58 Å². The monoisotopic (exact) mass is 346 g/mol. The zero-order valence-corrected chi connectivity index (χ0v) is 15.5. The van der Waals surface area contributed by atoms with Crippen LogP contribution in [-0.4, -0.2) is 59.6 Å². The van der Waals surface area contributed by atoms with Crippen molar-refractivity contribution in [1.29, 1.82) is 0 Å². The number of allylic oxidation sites excluding steroid dienone is 1. The average Bonchev–Trinajstić information content (AvgIpc) is 2.59. The highest BCUT2D eigenvalue weighted by Gasteiger charge is 2.55. The summed E-state index contributed by atoms with van der Waals surface area (Å²) in [5, 5.41) is 10.1. The van der Waals surface area contributed by atoms with Crippen LogP contribution >= 0.6 is 0 Å². The number of carbonyl (C=O) groups is 1. The maximum Gasteiger partial charge on any atom is 0.228 e. The summed E-state index contributed by atoms with van der Waals surface area (Å²) in [4.78, 5) is 17.8. The predicted octanol–water partition coefficient (Wildman–Crippen LogP) is 2.67. The molecule has 1 atom stereocenters. The topological polar surface area (TPSA) is 43.8 Å². The number of β-amino-alcohol motifs (C(OH)–C–C–N with tert-alkyl or cyclic N) is 1. The SMILES string of the molecule is C=CCCC(O)CN1CCN(C(=O)C23CC4CC(CC(C4)C2)C3)CC1. The van der Waals surface area contributed by atoms with Crippen molar-refractivity contribution in [3.8, 4) is 0 Å². The van der Waals surface area contributed by atoms with Gasteiger partial charge in [-0.1, -0.05) is 6.08 Å². The Hall–Kier alpha value is -0.870. The number of aliphatic hydroxyl groups is 1. The molecule has 1 saturated heterocycles. The maximum absolute atomic E-state index is 13.4. The fourth-order valence-corrected chi connectivity index (χ4v) is 6.54. The van der Waals surface area contributed by atoms with Gasteiger partial charge in [-0.3, -0.25) is 9.69 Å². The van der Waals surface area contributed by atoms with Crippen molar-refractivity contribution in [3.63, 3.8) is 0 Å². The molecule has 4 nitrogen and oxygen atoms in total. The van der Waals surface area contributed by atoms with Crippen LogP contribution in [0.3, 0.4) is 0 Å². The van der Waals surface area contributed by atoms with E-state index in [1.165, 1.54) is 38.5 Å². The molecule has 0 spiro atoms. The Labute approximate surface area is 152 Å². The van der Waals surface area contributed by atoms with Crippen LogP contribution in [0.5, 0.6) is 0 Å². The summed E-state index contributed by atoms with van der Waals surface area (Å²) in [6.07, 6.45) is 10.9. The van der Waals surface area contributed by atoms with Crippen LogP contribution in [0.15, 0.2) is 12.7 Å². The molecule has 4 aliphatic carbocycles. The van der Waals surface area contributed by atoms with E-state index >= 15 is 0 Å². The van der Waals surface area contributed by atoms with Gasteiger partial charge in [0.2, 0.25) is 5.91 Å². The molecule has 1 unspecified atom stereocenters. The first-order chi connectivity index (χ1) is 12.1. The molecule has 5 aliphatic rings. The van der Waals surface area contributed by atoms with E-state index in [1.54, 1.807) is 0 Å². The molecule has 0 radical (unpaired) electrons. The molecule has 1 heterocycles. The zero-order chi connectivity index (χ0) is 17.4. The number of nitrogens with zero attached hydrogens (tertiary/aromatic N) is 2. The fraction of sp³-hybridized carbons (Fsp3) is 0.857. The summed E-state index contributed by atoms with van der Waals surface area (Å²) >= 11 is 0. The van der Waals surface area contributed by atoms with Crippen LogP contribution in [0.25, 0.3) is 0 Å². The number of hydrogen-bond donors (Lipinski definition) is 1. The minimum atomic E-state index is -0.275. The molecule has 1 amide bonds. The van der Waals surface area contributed by atoms with Crippen LogP contribution in [0, 0.1) is 23.2 Å². The van der Waals surface area contributed by atoms with Crippen LogP contribution in [0.2, 0.25) is 0 Å². The van der Waals surface area contributed by atoms with Crippen molar-refractivity contribution < 1.29 is 9.90 Å². The summed E-state index contributed by atoms with van der Waals surface area (Å²) < 4.78 is 0. The third-order valence-electron chi connectivity index (χ3n) is 7.32. The molecule has 5 fully saturated rings. The summed E-state index contributed by atoms with van der Waals surface area (Å²) in [6, 6.07) is 0. The summed E-state index contributed by atoms with van der Waals surface area (Å²) in [7, 11) is 0. The normalized spacial score (nSPS) is 38.8. The molecule has 4 saturated carbocycles. The van der Waals surface area contributed by atoms with Crippen molar-refractivity contribution in [2.24, 2.45) is 23.2 Å². The Morgan fingerprint density at radius 1 is 1.08 bits per heavy atom. The van der Waals surface area contributed by atoms with Gasteiger partial charge in [-0.05, 0) is 69.1 Å². The number of rotatable bonds is 6. The van der Waals surface area contributed by atoms with Gasteiger partial charge in [0.15, 0.2) is 0 Å². The van der Waals surface area contributed by atoms with Gasteiger partial charge in [-0.25, -0.2) is 0 Å².